The molecule has 3 aliphatic rings. The number of carbonyl (C=O) groups is 2. The molecule has 6 rings (SSSR count). The second kappa shape index (κ2) is 12.4. The highest BCUT2D eigenvalue weighted by Crippen LogP contribution is 2.34. The Morgan fingerprint density at radius 3 is 2.41 bits per heavy atom. The van der Waals surface area contributed by atoms with Gasteiger partial charge in [-0.2, -0.15) is 0 Å². The van der Waals surface area contributed by atoms with E-state index in [1.807, 2.05) is 52.3 Å². The highest BCUT2D eigenvalue weighted by molar-refractivity contribution is 5.92. The number of benzene rings is 3. The summed E-state index contributed by atoms with van der Waals surface area (Å²) in [6, 6.07) is 25.1. The van der Waals surface area contributed by atoms with Gasteiger partial charge in [0.1, 0.15) is 0 Å². The first-order valence-corrected chi connectivity index (χ1v) is 14.9. The molecule has 0 aromatic heterocycles. The van der Waals surface area contributed by atoms with Crippen LogP contribution in [0.2, 0.25) is 0 Å². The minimum atomic E-state index is 0.0333. The molecule has 0 N–H and O–H groups in total. The molecule has 3 aromatic rings. The van der Waals surface area contributed by atoms with Crippen LogP contribution in [0.1, 0.15) is 49.3 Å². The van der Waals surface area contributed by atoms with Gasteiger partial charge in [0, 0.05) is 57.3 Å². The molecule has 0 radical (unpaired) electrons. The van der Waals surface area contributed by atoms with Crippen molar-refractivity contribution in [3.8, 4) is 11.5 Å². The molecule has 2 bridgehead atoms. The Morgan fingerprint density at radius 1 is 0.829 bits per heavy atom. The van der Waals surface area contributed by atoms with Gasteiger partial charge in [-0.05, 0) is 54.2 Å². The molecule has 2 atom stereocenters. The summed E-state index contributed by atoms with van der Waals surface area (Å²) in [5.74, 6) is 1.55. The first-order chi connectivity index (χ1) is 20.0. The average molecular weight is 554 g/mol. The van der Waals surface area contributed by atoms with Crippen LogP contribution >= 0.6 is 0 Å². The summed E-state index contributed by atoms with van der Waals surface area (Å²) in [4.78, 5) is 33.5. The third-order valence-corrected chi connectivity index (χ3v) is 8.64. The molecule has 3 aromatic carbocycles. The van der Waals surface area contributed by atoms with Crippen LogP contribution in [0.25, 0.3) is 0 Å². The molecule has 7 heteroatoms. The number of hydrogen-bond acceptors (Lipinski definition) is 5. The largest absolute Gasteiger partial charge is 0.490 e. The number of fused-ring (bicyclic) bond motifs is 4. The van der Waals surface area contributed by atoms with E-state index < -0.39 is 0 Å². The molecule has 214 valence electrons. The molecule has 0 aliphatic carbocycles. The molecule has 41 heavy (non-hydrogen) atoms. The molecule has 3 aliphatic heterocycles. The Morgan fingerprint density at radius 2 is 1.59 bits per heavy atom. The van der Waals surface area contributed by atoms with Crippen molar-refractivity contribution >= 4 is 17.5 Å². The van der Waals surface area contributed by atoms with Gasteiger partial charge in [-0.15, -0.1) is 0 Å². The number of para-hydroxylation sites is 1. The zero-order chi connectivity index (χ0) is 28.2. The van der Waals surface area contributed by atoms with Crippen molar-refractivity contribution in [1.29, 1.82) is 0 Å². The van der Waals surface area contributed by atoms with Gasteiger partial charge in [0.25, 0.3) is 0 Å². The molecule has 3 heterocycles. The average Bonchev–Trinajstić information content (AvgIpc) is 3.17. The summed E-state index contributed by atoms with van der Waals surface area (Å²) in [5, 5.41) is 0. The van der Waals surface area contributed by atoms with Gasteiger partial charge in [-0.3, -0.25) is 14.5 Å². The summed E-state index contributed by atoms with van der Waals surface area (Å²) in [6.45, 7) is 5.51. The van der Waals surface area contributed by atoms with Crippen LogP contribution in [0, 0.1) is 0 Å². The third-order valence-electron chi connectivity index (χ3n) is 8.64. The molecule has 0 saturated carbocycles. The highest BCUT2D eigenvalue weighted by Gasteiger charge is 2.36. The number of nitrogens with zero attached hydrogens (tertiary/aromatic N) is 3. The van der Waals surface area contributed by atoms with Gasteiger partial charge in [-0.1, -0.05) is 54.6 Å². The normalized spacial score (nSPS) is 21.0. The fourth-order valence-electron chi connectivity index (χ4n) is 6.53. The maximum absolute atomic E-state index is 14.1. The SMILES string of the molecule is CC(=O)N1CC[C@@H]2CC[C@H](CN(C(=O)Cc3ccc4c(c3)OCCCO4)Cc3ccccc31)N2Cc1ccccc1. The van der Waals surface area contributed by atoms with Crippen molar-refractivity contribution in [2.24, 2.45) is 0 Å². The minimum Gasteiger partial charge on any atom is -0.490 e. The molecule has 0 spiro atoms. The smallest absolute Gasteiger partial charge is 0.227 e. The molecular formula is C34H39N3O4. The first kappa shape index (κ1) is 27.3. The molecule has 2 amide bonds. The van der Waals surface area contributed by atoms with Crippen LogP contribution in [0.4, 0.5) is 5.69 Å². The quantitative estimate of drug-likeness (QED) is 0.444. The van der Waals surface area contributed by atoms with Crippen LogP contribution in [0.5, 0.6) is 11.5 Å². The van der Waals surface area contributed by atoms with Crippen LogP contribution in [0.15, 0.2) is 72.8 Å². The van der Waals surface area contributed by atoms with Crippen molar-refractivity contribution in [2.45, 2.75) is 64.2 Å². The summed E-state index contributed by atoms with van der Waals surface area (Å²) in [5.41, 5.74) is 4.09. The predicted octanol–water partition coefficient (Wildman–Crippen LogP) is 5.21. The Kier molecular flexibility index (Phi) is 8.23. The van der Waals surface area contributed by atoms with Crippen molar-refractivity contribution in [3.05, 3.63) is 89.5 Å². The van der Waals surface area contributed by atoms with Gasteiger partial charge in [0.05, 0.1) is 19.6 Å². The second-order valence-corrected chi connectivity index (χ2v) is 11.4. The minimum absolute atomic E-state index is 0.0333. The lowest BCUT2D eigenvalue weighted by atomic mass is 10.1. The van der Waals surface area contributed by atoms with E-state index in [9.17, 15) is 9.59 Å². The van der Waals surface area contributed by atoms with E-state index in [0.717, 1.165) is 54.8 Å². The van der Waals surface area contributed by atoms with Crippen molar-refractivity contribution in [3.63, 3.8) is 0 Å². The summed E-state index contributed by atoms with van der Waals surface area (Å²) in [7, 11) is 0. The van der Waals surface area contributed by atoms with Gasteiger partial charge < -0.3 is 19.3 Å². The van der Waals surface area contributed by atoms with Crippen LogP contribution in [-0.4, -0.2) is 60.0 Å². The fourth-order valence-corrected chi connectivity index (χ4v) is 6.53. The van der Waals surface area contributed by atoms with E-state index in [2.05, 4.69) is 35.2 Å². The molecule has 1 saturated heterocycles. The predicted molar refractivity (Wildman–Crippen MR) is 159 cm³/mol. The number of hydrogen-bond donors (Lipinski definition) is 0. The highest BCUT2D eigenvalue weighted by atomic mass is 16.5. The topological polar surface area (TPSA) is 62.3 Å². The number of amides is 2. The number of carbonyl (C=O) groups excluding carboxylic acids is 2. The maximum atomic E-state index is 14.1. The van der Waals surface area contributed by atoms with E-state index in [4.69, 9.17) is 9.47 Å². The Labute approximate surface area is 242 Å². The van der Waals surface area contributed by atoms with Gasteiger partial charge >= 0.3 is 0 Å². The standard InChI is InChI=1S/C34H39N3O4/c1-25(38)36-17-16-29-13-14-30(37(29)22-26-8-3-2-4-9-26)24-35(23-28-10-5-6-11-31(28)36)34(39)21-27-12-15-32-33(20-27)41-19-7-18-40-32/h2-6,8-12,15,20,29-30H,7,13-14,16-19,21-24H2,1H3/t29-,30+/m0/s1. The monoisotopic (exact) mass is 553 g/mol. The lowest BCUT2D eigenvalue weighted by molar-refractivity contribution is -0.132. The van der Waals surface area contributed by atoms with E-state index in [1.54, 1.807) is 6.92 Å². The lowest BCUT2D eigenvalue weighted by Crippen LogP contribution is -2.45. The summed E-state index contributed by atoms with van der Waals surface area (Å²) in [6.07, 6.45) is 4.13. The molecule has 1 fully saturated rings. The van der Waals surface area contributed by atoms with E-state index in [-0.39, 0.29) is 24.3 Å². The molecule has 0 unspecified atom stereocenters. The fraction of sp³-hybridized carbons (Fsp3) is 0.412. The summed E-state index contributed by atoms with van der Waals surface area (Å²) < 4.78 is 11.7. The van der Waals surface area contributed by atoms with Gasteiger partial charge in [0.15, 0.2) is 11.5 Å². The van der Waals surface area contributed by atoms with E-state index >= 15 is 0 Å². The number of ether oxygens (including phenoxy) is 2. The third kappa shape index (κ3) is 6.25. The van der Waals surface area contributed by atoms with Gasteiger partial charge in [0.2, 0.25) is 11.8 Å². The first-order valence-electron chi connectivity index (χ1n) is 14.9. The molecule has 7 nitrogen and oxygen atoms in total. The zero-order valence-electron chi connectivity index (χ0n) is 23.8. The molecular weight excluding hydrogens is 514 g/mol. The maximum Gasteiger partial charge on any atom is 0.227 e. The Balaban J connectivity index is 1.32. The van der Waals surface area contributed by atoms with E-state index in [1.165, 1.54) is 5.56 Å². The van der Waals surface area contributed by atoms with Crippen LogP contribution < -0.4 is 14.4 Å². The van der Waals surface area contributed by atoms with Crippen LogP contribution in [-0.2, 0) is 29.1 Å². The van der Waals surface area contributed by atoms with Gasteiger partial charge in [-0.25, -0.2) is 0 Å². The zero-order valence-corrected chi connectivity index (χ0v) is 23.8. The Bertz CT molecular complexity index is 1380. The van der Waals surface area contributed by atoms with E-state index in [0.29, 0.717) is 44.6 Å². The number of rotatable bonds is 4. The lowest BCUT2D eigenvalue weighted by Gasteiger charge is -2.34. The van der Waals surface area contributed by atoms with Crippen LogP contribution in [0.3, 0.4) is 0 Å². The van der Waals surface area contributed by atoms with Crippen molar-refractivity contribution in [1.82, 2.24) is 9.80 Å². The Hall–Kier alpha value is -3.84. The number of anilines is 1. The summed E-state index contributed by atoms with van der Waals surface area (Å²) >= 11 is 0. The van der Waals surface area contributed by atoms with Crippen molar-refractivity contribution in [2.75, 3.05) is 31.2 Å². The second-order valence-electron chi connectivity index (χ2n) is 11.4. The van der Waals surface area contributed by atoms with Crippen molar-refractivity contribution < 1.29 is 19.1 Å².